The number of pyridine rings is 1. The number of aliphatic imine (C=N–C) groups is 1. The third-order valence-corrected chi connectivity index (χ3v) is 3.25. The Morgan fingerprint density at radius 3 is 2.57 bits per heavy atom. The Labute approximate surface area is 134 Å². The van der Waals surface area contributed by atoms with Crippen molar-refractivity contribution in [3.05, 3.63) is 84.1 Å². The first-order chi connectivity index (χ1) is 11.3. The van der Waals surface area contributed by atoms with Gasteiger partial charge in [-0.3, -0.25) is 0 Å². The summed E-state index contributed by atoms with van der Waals surface area (Å²) in [5.74, 6) is 1.26. The number of phenols is 1. The molecule has 23 heavy (non-hydrogen) atoms. The highest BCUT2D eigenvalue weighted by atomic mass is 16.5. The molecular formula is C19H16N2O2. The molecule has 0 saturated carbocycles. The van der Waals surface area contributed by atoms with Gasteiger partial charge in [-0.1, -0.05) is 42.5 Å². The number of hydrogen-bond donors (Lipinski definition) is 1. The highest BCUT2D eigenvalue weighted by Gasteiger charge is 2.04. The summed E-state index contributed by atoms with van der Waals surface area (Å²) in [5.41, 5.74) is 1.71. The lowest BCUT2D eigenvalue weighted by Crippen LogP contribution is -1.96. The van der Waals surface area contributed by atoms with Gasteiger partial charge in [-0.2, -0.15) is 0 Å². The lowest BCUT2D eigenvalue weighted by Gasteiger charge is -2.08. The highest BCUT2D eigenvalue weighted by Crippen LogP contribution is 2.25. The Bertz CT molecular complexity index is 801. The maximum atomic E-state index is 9.77. The predicted molar refractivity (Wildman–Crippen MR) is 90.4 cm³/mol. The van der Waals surface area contributed by atoms with Gasteiger partial charge in [0.1, 0.15) is 12.4 Å². The molecule has 0 atom stereocenters. The molecule has 4 nitrogen and oxygen atoms in total. The molecule has 0 fully saturated rings. The first-order valence-corrected chi connectivity index (χ1v) is 7.27. The number of aromatic nitrogens is 1. The van der Waals surface area contributed by atoms with Crippen LogP contribution in [-0.2, 0) is 6.61 Å². The van der Waals surface area contributed by atoms with Gasteiger partial charge in [-0.25, -0.2) is 9.98 Å². The molecule has 4 heteroatoms. The van der Waals surface area contributed by atoms with E-state index >= 15 is 0 Å². The van der Waals surface area contributed by atoms with E-state index in [-0.39, 0.29) is 5.75 Å². The minimum atomic E-state index is 0.180. The second-order valence-electron chi connectivity index (χ2n) is 4.92. The Morgan fingerprint density at radius 1 is 0.957 bits per heavy atom. The first-order valence-electron chi connectivity index (χ1n) is 7.27. The van der Waals surface area contributed by atoms with Gasteiger partial charge >= 0.3 is 0 Å². The molecule has 0 amide bonds. The van der Waals surface area contributed by atoms with E-state index < -0.39 is 0 Å². The number of benzene rings is 2. The summed E-state index contributed by atoms with van der Waals surface area (Å²) in [5, 5.41) is 9.77. The summed E-state index contributed by atoms with van der Waals surface area (Å²) in [6, 6.07) is 20.6. The van der Waals surface area contributed by atoms with Crippen LogP contribution in [0.3, 0.4) is 0 Å². The van der Waals surface area contributed by atoms with Crippen LogP contribution in [-0.4, -0.2) is 16.3 Å². The topological polar surface area (TPSA) is 54.7 Å². The molecule has 3 aromatic rings. The smallest absolute Gasteiger partial charge is 0.194 e. The highest BCUT2D eigenvalue weighted by molar-refractivity contribution is 5.85. The Hall–Kier alpha value is -3.14. The van der Waals surface area contributed by atoms with Gasteiger partial charge in [-0.15, -0.1) is 0 Å². The number of nitrogens with zero attached hydrogens (tertiary/aromatic N) is 2. The van der Waals surface area contributed by atoms with Gasteiger partial charge in [0.15, 0.2) is 11.6 Å². The van der Waals surface area contributed by atoms with Crippen molar-refractivity contribution in [1.29, 1.82) is 0 Å². The fourth-order valence-electron chi connectivity index (χ4n) is 2.05. The molecule has 0 bridgehead atoms. The van der Waals surface area contributed by atoms with Crippen molar-refractivity contribution in [3.8, 4) is 11.5 Å². The maximum absolute atomic E-state index is 9.77. The fraction of sp³-hybridized carbons (Fsp3) is 0.0526. The third kappa shape index (κ3) is 3.95. The van der Waals surface area contributed by atoms with Crippen LogP contribution in [0.15, 0.2) is 77.9 Å². The first kappa shape index (κ1) is 14.8. The SMILES string of the molecule is Oc1ccccc1/C=N\c1ncccc1OCc1ccccc1. The number of rotatable bonds is 5. The molecule has 2 aromatic carbocycles. The lowest BCUT2D eigenvalue weighted by molar-refractivity contribution is 0.306. The minimum Gasteiger partial charge on any atom is -0.507 e. The lowest BCUT2D eigenvalue weighted by atomic mass is 10.2. The van der Waals surface area contributed by atoms with Gasteiger partial charge < -0.3 is 9.84 Å². The van der Waals surface area contributed by atoms with E-state index in [1.807, 2.05) is 42.5 Å². The summed E-state index contributed by atoms with van der Waals surface area (Å²) in [4.78, 5) is 8.56. The number of para-hydroxylation sites is 1. The molecule has 1 aromatic heterocycles. The second kappa shape index (κ2) is 7.22. The Balaban J connectivity index is 1.77. The maximum Gasteiger partial charge on any atom is 0.194 e. The van der Waals surface area contributed by atoms with E-state index in [4.69, 9.17) is 4.74 Å². The molecule has 1 N–H and O–H groups in total. The van der Waals surface area contributed by atoms with Crippen molar-refractivity contribution >= 4 is 12.0 Å². The molecule has 0 radical (unpaired) electrons. The minimum absolute atomic E-state index is 0.180. The van der Waals surface area contributed by atoms with E-state index in [9.17, 15) is 5.11 Å². The van der Waals surface area contributed by atoms with Crippen LogP contribution < -0.4 is 4.74 Å². The van der Waals surface area contributed by atoms with Crippen LogP contribution in [0, 0.1) is 0 Å². The van der Waals surface area contributed by atoms with Crippen LogP contribution in [0.1, 0.15) is 11.1 Å². The van der Waals surface area contributed by atoms with Crippen molar-refractivity contribution < 1.29 is 9.84 Å². The van der Waals surface area contributed by atoms with Crippen LogP contribution in [0.25, 0.3) is 0 Å². The van der Waals surface area contributed by atoms with Gasteiger partial charge in [0.25, 0.3) is 0 Å². The van der Waals surface area contributed by atoms with Gasteiger partial charge in [-0.05, 0) is 29.8 Å². The van der Waals surface area contributed by atoms with Crippen molar-refractivity contribution in [1.82, 2.24) is 4.98 Å². The monoisotopic (exact) mass is 304 g/mol. The summed E-state index contributed by atoms with van der Waals surface area (Å²) in [6.07, 6.45) is 3.24. The van der Waals surface area contributed by atoms with Crippen LogP contribution in [0.5, 0.6) is 11.5 Å². The van der Waals surface area contributed by atoms with Crippen molar-refractivity contribution in [2.45, 2.75) is 6.61 Å². The van der Waals surface area contributed by atoms with Gasteiger partial charge in [0.05, 0.1) is 0 Å². The molecule has 0 aliphatic rings. The van der Waals surface area contributed by atoms with E-state index in [0.717, 1.165) is 5.56 Å². The molecular weight excluding hydrogens is 288 g/mol. The molecule has 1 heterocycles. The average molecular weight is 304 g/mol. The zero-order valence-electron chi connectivity index (χ0n) is 12.5. The zero-order valence-corrected chi connectivity index (χ0v) is 12.5. The van der Waals surface area contributed by atoms with Crippen LogP contribution in [0.2, 0.25) is 0 Å². The molecule has 0 spiro atoms. The second-order valence-corrected chi connectivity index (χ2v) is 4.92. The van der Waals surface area contributed by atoms with Crippen molar-refractivity contribution in [2.75, 3.05) is 0 Å². The standard InChI is InChI=1S/C19H16N2O2/c22-17-10-5-4-9-16(17)13-21-19-18(11-6-12-20-19)23-14-15-7-2-1-3-8-15/h1-13,22H,14H2/b21-13-. The van der Waals surface area contributed by atoms with E-state index in [2.05, 4.69) is 9.98 Å². The third-order valence-electron chi connectivity index (χ3n) is 3.25. The van der Waals surface area contributed by atoms with Gasteiger partial charge in [0, 0.05) is 18.0 Å². The van der Waals surface area contributed by atoms with Crippen molar-refractivity contribution in [2.24, 2.45) is 4.99 Å². The van der Waals surface area contributed by atoms with E-state index in [1.54, 1.807) is 36.7 Å². The predicted octanol–water partition coefficient (Wildman–Crippen LogP) is 4.12. The zero-order chi connectivity index (χ0) is 15.9. The van der Waals surface area contributed by atoms with E-state index in [0.29, 0.717) is 23.7 Å². The quantitative estimate of drug-likeness (QED) is 0.721. The Morgan fingerprint density at radius 2 is 1.74 bits per heavy atom. The fourth-order valence-corrected chi connectivity index (χ4v) is 2.05. The molecule has 0 aliphatic carbocycles. The average Bonchev–Trinajstić information content (AvgIpc) is 2.61. The summed E-state index contributed by atoms with van der Waals surface area (Å²) < 4.78 is 5.80. The number of ether oxygens (including phenoxy) is 1. The molecule has 114 valence electrons. The van der Waals surface area contributed by atoms with Crippen LogP contribution in [0.4, 0.5) is 5.82 Å². The number of hydrogen-bond acceptors (Lipinski definition) is 4. The molecule has 0 saturated heterocycles. The molecule has 3 rings (SSSR count). The molecule has 0 unspecified atom stereocenters. The van der Waals surface area contributed by atoms with Gasteiger partial charge in [0.2, 0.25) is 0 Å². The van der Waals surface area contributed by atoms with E-state index in [1.165, 1.54) is 0 Å². The summed E-state index contributed by atoms with van der Waals surface area (Å²) >= 11 is 0. The molecule has 0 aliphatic heterocycles. The van der Waals surface area contributed by atoms with Crippen molar-refractivity contribution in [3.63, 3.8) is 0 Å². The largest absolute Gasteiger partial charge is 0.507 e. The summed E-state index contributed by atoms with van der Waals surface area (Å²) in [6.45, 7) is 0.450. The summed E-state index contributed by atoms with van der Waals surface area (Å²) in [7, 11) is 0. The van der Waals surface area contributed by atoms with Crippen LogP contribution >= 0.6 is 0 Å². The Kier molecular flexibility index (Phi) is 4.64. The number of aromatic hydroxyl groups is 1. The number of phenolic OH excluding ortho intramolecular Hbond substituents is 1. The normalized spacial score (nSPS) is 10.8.